The third-order valence-corrected chi connectivity index (χ3v) is 9.56. The molecule has 48 heavy (non-hydrogen) atoms. The molecule has 0 saturated carbocycles. The van der Waals surface area contributed by atoms with Gasteiger partial charge >= 0.3 is 0 Å². The van der Waals surface area contributed by atoms with Gasteiger partial charge in [0.25, 0.3) is 0 Å². The molecule has 0 fully saturated rings. The van der Waals surface area contributed by atoms with E-state index < -0.39 is 0 Å². The number of rotatable bonds is 3. The highest BCUT2D eigenvalue weighted by atomic mass is 15.3. The Kier molecular flexibility index (Phi) is 4.99. The van der Waals surface area contributed by atoms with Gasteiger partial charge < -0.3 is 0 Å². The summed E-state index contributed by atoms with van der Waals surface area (Å²) in [6, 6.07) is 53.0. The van der Waals surface area contributed by atoms with Gasteiger partial charge in [0.15, 0.2) is 0 Å². The number of fused-ring (bicyclic) bond motifs is 11. The molecule has 11 aromatic rings. The Hall–Kier alpha value is -6.73. The summed E-state index contributed by atoms with van der Waals surface area (Å²) in [5.74, 6) is 1.36. The second-order valence-electron chi connectivity index (χ2n) is 12.2. The van der Waals surface area contributed by atoms with Crippen molar-refractivity contribution in [2.45, 2.75) is 0 Å². The number of imidazole rings is 3. The predicted octanol–water partition coefficient (Wildman–Crippen LogP) is 9.39. The minimum atomic E-state index is 0.585. The summed E-state index contributed by atoms with van der Waals surface area (Å²) in [6.07, 6.45) is 0. The van der Waals surface area contributed by atoms with Gasteiger partial charge in [-0.25, -0.2) is 19.5 Å². The highest BCUT2D eigenvalue weighted by Crippen LogP contribution is 2.35. The minimum Gasteiger partial charge on any atom is -0.294 e. The average molecular weight is 616 g/mol. The van der Waals surface area contributed by atoms with Crippen molar-refractivity contribution in [3.63, 3.8) is 0 Å². The normalized spacial score (nSPS) is 12.2. The van der Waals surface area contributed by atoms with Crippen LogP contribution in [0.25, 0.3) is 89.2 Å². The topological polar surface area (TPSA) is 57.4 Å². The van der Waals surface area contributed by atoms with E-state index in [-0.39, 0.29) is 0 Å². The van der Waals surface area contributed by atoms with Crippen LogP contribution in [0.3, 0.4) is 0 Å². The highest BCUT2D eigenvalue weighted by molar-refractivity contribution is 5.98. The number of benzene rings is 6. The van der Waals surface area contributed by atoms with Crippen LogP contribution in [0.15, 0.2) is 152 Å². The van der Waals surface area contributed by atoms with Gasteiger partial charge in [0.2, 0.25) is 11.7 Å². The Morgan fingerprint density at radius 1 is 0.417 bits per heavy atom. The largest absolute Gasteiger partial charge is 0.294 e. The Morgan fingerprint density at radius 2 is 1.10 bits per heavy atom. The van der Waals surface area contributed by atoms with Crippen molar-refractivity contribution >= 4 is 66.3 Å². The molecular weight excluding hydrogens is 591 g/mol. The molecule has 224 valence electrons. The van der Waals surface area contributed by atoms with Crippen LogP contribution in [-0.2, 0) is 0 Å². The fourth-order valence-electron chi connectivity index (χ4n) is 7.50. The van der Waals surface area contributed by atoms with E-state index in [1.807, 2.05) is 36.4 Å². The molecule has 0 bridgehead atoms. The molecule has 6 aromatic carbocycles. The summed E-state index contributed by atoms with van der Waals surface area (Å²) in [6.45, 7) is 0. The first-order valence-electron chi connectivity index (χ1n) is 16.1. The summed E-state index contributed by atoms with van der Waals surface area (Å²) in [7, 11) is 0. The van der Waals surface area contributed by atoms with Crippen LogP contribution in [0.4, 0.5) is 0 Å². The number of hydrogen-bond donors (Lipinski definition) is 0. The molecular formula is C41H25N7. The highest BCUT2D eigenvalue weighted by Gasteiger charge is 2.22. The number of nitrogens with zero attached hydrogens (tertiary/aromatic N) is 7. The second-order valence-corrected chi connectivity index (χ2v) is 12.2. The van der Waals surface area contributed by atoms with E-state index in [9.17, 15) is 0 Å². The van der Waals surface area contributed by atoms with E-state index in [1.165, 1.54) is 16.4 Å². The van der Waals surface area contributed by atoms with Crippen LogP contribution in [0.5, 0.6) is 0 Å². The Bertz CT molecular complexity index is 3070. The van der Waals surface area contributed by atoms with Gasteiger partial charge in [-0.3, -0.25) is 13.4 Å². The van der Waals surface area contributed by atoms with E-state index >= 15 is 0 Å². The zero-order chi connectivity index (χ0) is 31.3. The monoisotopic (exact) mass is 615 g/mol. The molecule has 0 saturated heterocycles. The number of para-hydroxylation sites is 6. The molecule has 0 aliphatic heterocycles. The molecule has 0 amide bonds. The van der Waals surface area contributed by atoms with Crippen LogP contribution in [0, 0.1) is 0 Å². The minimum absolute atomic E-state index is 0.585. The standard InChI is InChI=1S/C41H25N7/c1-2-12-26(13-3-1)39-29-15-5-6-16-30(29)42-40(44-39)48-36-23-22-28(25-37(36)47-33-19-9-7-17-31(33)43-41(47)48)45-34-20-10-11-21-35(34)46-32-18-8-4-14-27(32)24-38(45)46/h1-25H. The van der Waals surface area contributed by atoms with Crippen LogP contribution in [0.2, 0.25) is 0 Å². The lowest BCUT2D eigenvalue weighted by Gasteiger charge is -2.11. The quantitative estimate of drug-likeness (QED) is 0.199. The first-order chi connectivity index (χ1) is 23.8. The molecule has 0 unspecified atom stereocenters. The summed E-state index contributed by atoms with van der Waals surface area (Å²) in [5, 5.41) is 2.23. The molecule has 11 rings (SSSR count). The Balaban J connectivity index is 1.25. The summed E-state index contributed by atoms with van der Waals surface area (Å²) >= 11 is 0. The van der Waals surface area contributed by atoms with Crippen molar-refractivity contribution in [3.8, 4) is 22.9 Å². The van der Waals surface area contributed by atoms with E-state index in [0.717, 1.165) is 66.9 Å². The van der Waals surface area contributed by atoms with Crippen LogP contribution < -0.4 is 0 Å². The van der Waals surface area contributed by atoms with E-state index in [0.29, 0.717) is 5.95 Å². The molecule has 0 aliphatic rings. The van der Waals surface area contributed by atoms with Crippen molar-refractivity contribution < 1.29 is 0 Å². The van der Waals surface area contributed by atoms with Gasteiger partial charge in [-0.05, 0) is 60.7 Å². The van der Waals surface area contributed by atoms with E-state index in [2.05, 4.69) is 133 Å². The predicted molar refractivity (Wildman–Crippen MR) is 193 cm³/mol. The van der Waals surface area contributed by atoms with Crippen molar-refractivity contribution in [1.82, 2.24) is 32.9 Å². The molecule has 7 heteroatoms. The van der Waals surface area contributed by atoms with Gasteiger partial charge in [-0.15, -0.1) is 0 Å². The third kappa shape index (κ3) is 3.39. The van der Waals surface area contributed by atoms with Gasteiger partial charge in [0.05, 0.1) is 49.8 Å². The maximum atomic E-state index is 5.25. The zero-order valence-electron chi connectivity index (χ0n) is 25.6. The molecule has 5 heterocycles. The van der Waals surface area contributed by atoms with E-state index in [1.54, 1.807) is 0 Å². The molecule has 0 atom stereocenters. The summed E-state index contributed by atoms with van der Waals surface area (Å²) in [4.78, 5) is 15.6. The molecule has 7 nitrogen and oxygen atoms in total. The molecule has 0 aliphatic carbocycles. The summed E-state index contributed by atoms with van der Waals surface area (Å²) in [5.41, 5.74) is 12.5. The van der Waals surface area contributed by atoms with Crippen molar-refractivity contribution in [1.29, 1.82) is 0 Å². The van der Waals surface area contributed by atoms with Gasteiger partial charge in [-0.1, -0.05) is 91.0 Å². The average Bonchev–Trinajstić information content (AvgIpc) is 3.87. The van der Waals surface area contributed by atoms with Crippen LogP contribution >= 0.6 is 0 Å². The third-order valence-electron chi connectivity index (χ3n) is 9.56. The van der Waals surface area contributed by atoms with Crippen molar-refractivity contribution in [2.24, 2.45) is 0 Å². The Labute approximate surface area is 273 Å². The fraction of sp³-hybridized carbons (Fsp3) is 0. The lowest BCUT2D eigenvalue weighted by Crippen LogP contribution is -2.04. The van der Waals surface area contributed by atoms with Gasteiger partial charge in [0, 0.05) is 22.0 Å². The molecule has 0 radical (unpaired) electrons. The van der Waals surface area contributed by atoms with Crippen LogP contribution in [0.1, 0.15) is 0 Å². The van der Waals surface area contributed by atoms with Crippen molar-refractivity contribution in [2.75, 3.05) is 0 Å². The lowest BCUT2D eigenvalue weighted by atomic mass is 10.1. The van der Waals surface area contributed by atoms with Gasteiger partial charge in [-0.2, -0.15) is 0 Å². The van der Waals surface area contributed by atoms with Crippen LogP contribution in [-0.4, -0.2) is 32.9 Å². The molecule has 0 N–H and O–H groups in total. The maximum absolute atomic E-state index is 5.25. The van der Waals surface area contributed by atoms with Gasteiger partial charge in [0.1, 0.15) is 5.65 Å². The van der Waals surface area contributed by atoms with E-state index in [4.69, 9.17) is 15.0 Å². The summed E-state index contributed by atoms with van der Waals surface area (Å²) < 4.78 is 9.06. The molecule has 5 aromatic heterocycles. The first kappa shape index (κ1) is 25.5. The smallest absolute Gasteiger partial charge is 0.238 e. The SMILES string of the molecule is c1ccc(-c2nc(-n3c4ccc(-n5c6ccccc6n6c7ccccc7cc56)cc4n4c5ccccc5nc34)nc3ccccc23)cc1. The Morgan fingerprint density at radius 3 is 1.98 bits per heavy atom. The second kappa shape index (κ2) is 9.40. The fourth-order valence-corrected chi connectivity index (χ4v) is 7.50. The maximum Gasteiger partial charge on any atom is 0.238 e. The number of aromatic nitrogens is 7. The number of hydrogen-bond acceptors (Lipinski definition) is 3. The van der Waals surface area contributed by atoms with Crippen molar-refractivity contribution in [3.05, 3.63) is 152 Å². The zero-order valence-corrected chi connectivity index (χ0v) is 25.6. The first-order valence-corrected chi connectivity index (χ1v) is 16.1. The lowest BCUT2D eigenvalue weighted by molar-refractivity contribution is 0.986. The molecule has 0 spiro atoms.